The zero-order valence-electron chi connectivity index (χ0n) is 20.8. The molecule has 0 radical (unpaired) electrons. The molecule has 6 heteroatoms. The minimum Gasteiger partial charge on any atom is -0.493 e. The van der Waals surface area contributed by atoms with Crippen molar-refractivity contribution in [3.05, 3.63) is 59.7 Å². The van der Waals surface area contributed by atoms with E-state index in [-0.39, 0.29) is 0 Å². The normalized spacial score (nSPS) is 18.0. The molecule has 0 spiro atoms. The van der Waals surface area contributed by atoms with Crippen molar-refractivity contribution in [2.45, 2.75) is 52.6 Å². The number of alkyl halides is 3. The molecule has 0 N–H and O–H groups in total. The molecule has 0 saturated carbocycles. The lowest BCUT2D eigenvalue weighted by Crippen LogP contribution is -2.40. The van der Waals surface area contributed by atoms with E-state index in [1.54, 1.807) is 0 Å². The number of likely N-dealkylation sites (tertiary alicyclic amines) is 1. The summed E-state index contributed by atoms with van der Waals surface area (Å²) >= 11 is 0. The Hall–Kier alpha value is -2.21. The fourth-order valence-electron chi connectivity index (χ4n) is 4.81. The van der Waals surface area contributed by atoms with Crippen LogP contribution in [0.1, 0.15) is 51.2 Å². The van der Waals surface area contributed by atoms with E-state index in [4.69, 9.17) is 4.74 Å². The molecule has 1 aliphatic heterocycles. The van der Waals surface area contributed by atoms with Crippen LogP contribution in [-0.4, -0.2) is 44.2 Å². The van der Waals surface area contributed by atoms with Crippen LogP contribution >= 0.6 is 0 Å². The molecule has 0 aromatic heterocycles. The first-order valence-electron chi connectivity index (χ1n) is 12.6. The zero-order valence-corrected chi connectivity index (χ0v) is 20.8. The quantitative estimate of drug-likeness (QED) is 0.350. The number of ether oxygens (including phenoxy) is 1. The fraction of sp³-hybridized carbons (Fsp3) is 0.571. The van der Waals surface area contributed by atoms with Crippen LogP contribution in [0.3, 0.4) is 0 Å². The minimum atomic E-state index is -4.31. The lowest BCUT2D eigenvalue weighted by Gasteiger charge is -2.34. The Bertz CT molecular complexity index is 847. The third-order valence-corrected chi connectivity index (χ3v) is 6.83. The van der Waals surface area contributed by atoms with Crippen molar-refractivity contribution in [1.29, 1.82) is 0 Å². The highest BCUT2D eigenvalue weighted by molar-refractivity contribution is 5.47. The van der Waals surface area contributed by atoms with Crippen molar-refractivity contribution in [2.24, 2.45) is 11.8 Å². The van der Waals surface area contributed by atoms with Gasteiger partial charge in [0.1, 0.15) is 5.75 Å². The van der Waals surface area contributed by atoms with Crippen LogP contribution in [0.15, 0.2) is 48.5 Å². The van der Waals surface area contributed by atoms with Crippen LogP contribution in [0.25, 0.3) is 0 Å². The molecule has 1 saturated heterocycles. The van der Waals surface area contributed by atoms with Crippen LogP contribution in [0.4, 0.5) is 18.9 Å². The summed E-state index contributed by atoms with van der Waals surface area (Å²) in [4.78, 5) is 4.89. The Morgan fingerprint density at radius 3 is 2.32 bits per heavy atom. The summed E-state index contributed by atoms with van der Waals surface area (Å²) in [5.74, 6) is 1.53. The third-order valence-electron chi connectivity index (χ3n) is 6.83. The molecule has 0 bridgehead atoms. The van der Waals surface area contributed by atoms with E-state index in [9.17, 15) is 13.2 Å². The van der Waals surface area contributed by atoms with Gasteiger partial charge in [-0.1, -0.05) is 19.1 Å². The van der Waals surface area contributed by atoms with Crippen molar-refractivity contribution in [3.63, 3.8) is 0 Å². The fourth-order valence-corrected chi connectivity index (χ4v) is 4.81. The molecule has 1 fully saturated rings. The molecule has 0 aliphatic carbocycles. The smallest absolute Gasteiger partial charge is 0.416 e. The van der Waals surface area contributed by atoms with E-state index in [1.807, 2.05) is 0 Å². The van der Waals surface area contributed by atoms with Gasteiger partial charge < -0.3 is 14.5 Å². The highest BCUT2D eigenvalue weighted by Crippen LogP contribution is 2.30. The summed E-state index contributed by atoms with van der Waals surface area (Å²) in [6.07, 6.45) is 0.181. The number of anilines is 1. The Balaban J connectivity index is 1.40. The molecular formula is C28H39F3N2O. The van der Waals surface area contributed by atoms with Gasteiger partial charge in [0.05, 0.1) is 12.2 Å². The molecule has 0 amide bonds. The van der Waals surface area contributed by atoms with Gasteiger partial charge in [0.15, 0.2) is 0 Å². The summed E-state index contributed by atoms with van der Waals surface area (Å²) in [7, 11) is 0. The third kappa shape index (κ3) is 7.93. The van der Waals surface area contributed by atoms with Gasteiger partial charge in [0.2, 0.25) is 0 Å². The lowest BCUT2D eigenvalue weighted by molar-refractivity contribution is -0.137. The predicted octanol–water partition coefficient (Wildman–Crippen LogP) is 6.91. The summed E-state index contributed by atoms with van der Waals surface area (Å²) in [6, 6.07) is 14.0. The van der Waals surface area contributed by atoms with Gasteiger partial charge in [-0.2, -0.15) is 13.2 Å². The largest absolute Gasteiger partial charge is 0.493 e. The molecular weight excluding hydrogens is 437 g/mol. The molecule has 1 aliphatic rings. The maximum Gasteiger partial charge on any atom is 0.416 e. The van der Waals surface area contributed by atoms with E-state index < -0.39 is 11.7 Å². The maximum absolute atomic E-state index is 12.7. The topological polar surface area (TPSA) is 15.7 Å². The van der Waals surface area contributed by atoms with Gasteiger partial charge >= 0.3 is 6.18 Å². The van der Waals surface area contributed by atoms with Crippen LogP contribution < -0.4 is 9.64 Å². The number of aryl methyl sites for hydroxylation is 1. The van der Waals surface area contributed by atoms with E-state index in [0.29, 0.717) is 24.2 Å². The Morgan fingerprint density at radius 1 is 1.03 bits per heavy atom. The van der Waals surface area contributed by atoms with Crippen LogP contribution in [0.2, 0.25) is 0 Å². The number of halogens is 3. The van der Waals surface area contributed by atoms with Crippen molar-refractivity contribution < 1.29 is 17.9 Å². The van der Waals surface area contributed by atoms with Crippen LogP contribution in [-0.2, 0) is 12.6 Å². The van der Waals surface area contributed by atoms with Crippen LogP contribution in [0.5, 0.6) is 5.75 Å². The molecule has 188 valence electrons. The zero-order chi connectivity index (χ0) is 24.6. The van der Waals surface area contributed by atoms with Gasteiger partial charge in [-0.05, 0) is 94.0 Å². The lowest BCUT2D eigenvalue weighted by atomic mass is 9.96. The minimum absolute atomic E-state index is 0.413. The molecule has 2 aromatic rings. The van der Waals surface area contributed by atoms with Crippen molar-refractivity contribution >= 4 is 5.69 Å². The van der Waals surface area contributed by atoms with E-state index >= 15 is 0 Å². The molecule has 3 rings (SSSR count). The average molecular weight is 477 g/mol. The standard InChI is InChI=1S/C28H39F3N2O/c1-4-33(5-2)26-14-10-23(11-15-26)9-8-22(3)19-32-18-6-7-24(20-32)21-34-27-16-12-25(13-17-27)28(29,30)31/h10-17,22,24H,4-9,18-21H2,1-3H3. The number of rotatable bonds is 11. The predicted molar refractivity (Wildman–Crippen MR) is 134 cm³/mol. The first kappa shape index (κ1) is 26.4. The maximum atomic E-state index is 12.7. The van der Waals surface area contributed by atoms with E-state index in [1.165, 1.54) is 23.4 Å². The highest BCUT2D eigenvalue weighted by atomic mass is 19.4. The highest BCUT2D eigenvalue weighted by Gasteiger charge is 2.30. The number of nitrogens with zero attached hydrogens (tertiary/aromatic N) is 2. The van der Waals surface area contributed by atoms with Gasteiger partial charge in [0.25, 0.3) is 0 Å². The monoisotopic (exact) mass is 476 g/mol. The second kappa shape index (κ2) is 12.5. The summed E-state index contributed by atoms with van der Waals surface area (Å²) in [5, 5.41) is 0. The number of piperidine rings is 1. The number of benzene rings is 2. The van der Waals surface area contributed by atoms with E-state index in [0.717, 1.165) is 70.5 Å². The number of hydrogen-bond donors (Lipinski definition) is 0. The molecule has 1 heterocycles. The molecule has 2 aromatic carbocycles. The molecule has 2 unspecified atom stereocenters. The second-order valence-corrected chi connectivity index (χ2v) is 9.58. The van der Waals surface area contributed by atoms with E-state index in [2.05, 4.69) is 54.8 Å². The summed E-state index contributed by atoms with van der Waals surface area (Å²) in [6.45, 7) is 12.5. The molecule has 2 atom stereocenters. The Morgan fingerprint density at radius 2 is 1.71 bits per heavy atom. The van der Waals surface area contributed by atoms with Gasteiger partial charge in [-0.3, -0.25) is 0 Å². The Kier molecular flexibility index (Phi) is 9.69. The number of hydrogen-bond acceptors (Lipinski definition) is 3. The first-order chi connectivity index (χ1) is 16.3. The summed E-state index contributed by atoms with van der Waals surface area (Å²) < 4.78 is 44.0. The molecule has 3 nitrogen and oxygen atoms in total. The van der Waals surface area contributed by atoms with Crippen molar-refractivity contribution in [2.75, 3.05) is 44.2 Å². The van der Waals surface area contributed by atoms with Gasteiger partial charge in [0, 0.05) is 37.8 Å². The van der Waals surface area contributed by atoms with Crippen molar-refractivity contribution in [3.8, 4) is 5.75 Å². The second-order valence-electron chi connectivity index (χ2n) is 9.58. The van der Waals surface area contributed by atoms with Crippen LogP contribution in [0, 0.1) is 11.8 Å². The van der Waals surface area contributed by atoms with Gasteiger partial charge in [-0.15, -0.1) is 0 Å². The first-order valence-corrected chi connectivity index (χ1v) is 12.6. The average Bonchev–Trinajstić information content (AvgIpc) is 2.83. The van der Waals surface area contributed by atoms with Crippen molar-refractivity contribution in [1.82, 2.24) is 4.90 Å². The Labute approximate surface area is 202 Å². The summed E-state index contributed by atoms with van der Waals surface area (Å²) in [5.41, 5.74) is 2.04. The van der Waals surface area contributed by atoms with Gasteiger partial charge in [-0.25, -0.2) is 0 Å². The molecule has 34 heavy (non-hydrogen) atoms. The SMILES string of the molecule is CCN(CC)c1ccc(CCC(C)CN2CCCC(COc3ccc(C(F)(F)F)cc3)C2)cc1.